The number of aryl methyl sites for hydroxylation is 1. The first-order chi connectivity index (χ1) is 7.13. The molecule has 0 spiro atoms. The maximum Gasteiger partial charge on any atom is 0.251 e. The monoisotopic (exact) mass is 225 g/mol. The first kappa shape index (κ1) is 10.7. The second kappa shape index (κ2) is 4.37. The van der Waals surface area contributed by atoms with E-state index in [0.29, 0.717) is 11.3 Å². The van der Waals surface area contributed by atoms with Crippen molar-refractivity contribution in [2.75, 3.05) is 0 Å². The van der Waals surface area contributed by atoms with E-state index < -0.39 is 0 Å². The lowest BCUT2D eigenvalue weighted by Gasteiger charge is -2.07. The lowest BCUT2D eigenvalue weighted by atomic mass is 10.3. The van der Waals surface area contributed by atoms with Crippen LogP contribution in [0.3, 0.4) is 0 Å². The average molecular weight is 225 g/mol. The molecule has 0 amide bonds. The quantitative estimate of drug-likeness (QED) is 0.738. The Balaban J connectivity index is 2.07. The van der Waals surface area contributed by atoms with Crippen LogP contribution in [0.15, 0.2) is 16.0 Å². The van der Waals surface area contributed by atoms with Gasteiger partial charge in [0.1, 0.15) is 0 Å². The fourth-order valence-electron chi connectivity index (χ4n) is 1.85. The number of rotatable bonds is 2. The van der Waals surface area contributed by atoms with E-state index in [4.69, 9.17) is 5.73 Å². The van der Waals surface area contributed by atoms with Gasteiger partial charge in [0.2, 0.25) is 0 Å². The lowest BCUT2D eigenvalue weighted by molar-refractivity contribution is 0.705. The third-order valence-electron chi connectivity index (χ3n) is 2.55. The standard InChI is InChI=1S/C10H15N3OS/c1-6-4-9(14)13-10(12-6)15-8-3-2-7(11)5-8/h4,7-8H,2-3,5,11H2,1H3,(H,12,13,14). The van der Waals surface area contributed by atoms with E-state index >= 15 is 0 Å². The van der Waals surface area contributed by atoms with E-state index in [1.54, 1.807) is 11.8 Å². The second-order valence-corrected chi connectivity index (χ2v) is 5.29. The summed E-state index contributed by atoms with van der Waals surface area (Å²) < 4.78 is 0. The van der Waals surface area contributed by atoms with Crippen LogP contribution >= 0.6 is 11.8 Å². The van der Waals surface area contributed by atoms with Crippen molar-refractivity contribution >= 4 is 11.8 Å². The molecule has 5 heteroatoms. The molecule has 1 heterocycles. The Bertz CT molecular complexity index is 404. The number of hydrogen-bond acceptors (Lipinski definition) is 4. The van der Waals surface area contributed by atoms with E-state index in [1.807, 2.05) is 6.92 Å². The fourth-order valence-corrected chi connectivity index (χ4v) is 3.11. The minimum absolute atomic E-state index is 0.0766. The molecule has 0 aliphatic heterocycles. The summed E-state index contributed by atoms with van der Waals surface area (Å²) >= 11 is 1.64. The summed E-state index contributed by atoms with van der Waals surface area (Å²) in [6, 6.07) is 1.82. The van der Waals surface area contributed by atoms with Crippen molar-refractivity contribution in [3.63, 3.8) is 0 Å². The number of aromatic amines is 1. The van der Waals surface area contributed by atoms with Gasteiger partial charge in [-0.3, -0.25) is 4.79 Å². The SMILES string of the molecule is Cc1cc(=O)[nH]c(SC2CCC(N)C2)n1. The highest BCUT2D eigenvalue weighted by Crippen LogP contribution is 2.31. The molecule has 0 bridgehead atoms. The van der Waals surface area contributed by atoms with Crippen molar-refractivity contribution in [3.8, 4) is 0 Å². The molecule has 0 aromatic carbocycles. The van der Waals surface area contributed by atoms with Gasteiger partial charge in [-0.15, -0.1) is 0 Å². The number of aromatic nitrogens is 2. The summed E-state index contributed by atoms with van der Waals surface area (Å²) in [7, 11) is 0. The van der Waals surface area contributed by atoms with Crippen molar-refractivity contribution in [1.29, 1.82) is 0 Å². The zero-order chi connectivity index (χ0) is 10.8. The number of thioether (sulfide) groups is 1. The van der Waals surface area contributed by atoms with Gasteiger partial charge in [-0.1, -0.05) is 11.8 Å². The Hall–Kier alpha value is -0.810. The normalized spacial score (nSPS) is 25.7. The molecule has 0 radical (unpaired) electrons. The first-order valence-corrected chi connectivity index (χ1v) is 6.01. The van der Waals surface area contributed by atoms with Crippen molar-refractivity contribution in [1.82, 2.24) is 9.97 Å². The number of nitrogens with zero attached hydrogens (tertiary/aromatic N) is 1. The van der Waals surface area contributed by atoms with Crippen LogP contribution in [0.1, 0.15) is 25.0 Å². The highest BCUT2D eigenvalue weighted by Gasteiger charge is 2.23. The summed E-state index contributed by atoms with van der Waals surface area (Å²) in [6.07, 6.45) is 3.21. The molecule has 2 unspecified atom stereocenters. The van der Waals surface area contributed by atoms with Crippen LogP contribution < -0.4 is 11.3 Å². The molecule has 1 aromatic rings. The average Bonchev–Trinajstić information content (AvgIpc) is 2.49. The Morgan fingerprint density at radius 1 is 1.60 bits per heavy atom. The topological polar surface area (TPSA) is 71.8 Å². The Morgan fingerprint density at radius 3 is 3.00 bits per heavy atom. The van der Waals surface area contributed by atoms with Gasteiger partial charge in [0.05, 0.1) is 0 Å². The molecule has 3 N–H and O–H groups in total. The van der Waals surface area contributed by atoms with E-state index in [2.05, 4.69) is 9.97 Å². The van der Waals surface area contributed by atoms with Gasteiger partial charge in [0.25, 0.3) is 5.56 Å². The van der Waals surface area contributed by atoms with Crippen LogP contribution in [-0.4, -0.2) is 21.3 Å². The summed E-state index contributed by atoms with van der Waals surface area (Å²) in [6.45, 7) is 1.83. The van der Waals surface area contributed by atoms with Gasteiger partial charge < -0.3 is 10.7 Å². The van der Waals surface area contributed by atoms with Gasteiger partial charge in [0, 0.05) is 23.1 Å². The molecule has 1 aromatic heterocycles. The molecule has 4 nitrogen and oxygen atoms in total. The van der Waals surface area contributed by atoms with Crippen LogP contribution in [0.2, 0.25) is 0 Å². The minimum Gasteiger partial charge on any atom is -0.328 e. The number of H-pyrrole nitrogens is 1. The smallest absolute Gasteiger partial charge is 0.251 e. The van der Waals surface area contributed by atoms with Gasteiger partial charge >= 0.3 is 0 Å². The highest BCUT2D eigenvalue weighted by atomic mass is 32.2. The molecular formula is C10H15N3OS. The van der Waals surface area contributed by atoms with Crippen molar-refractivity contribution < 1.29 is 0 Å². The largest absolute Gasteiger partial charge is 0.328 e. The van der Waals surface area contributed by atoms with Crippen LogP contribution in [0.4, 0.5) is 0 Å². The molecule has 2 atom stereocenters. The van der Waals surface area contributed by atoms with Crippen LogP contribution in [0.25, 0.3) is 0 Å². The molecule has 1 saturated carbocycles. The number of nitrogens with two attached hydrogens (primary N) is 1. The molecule has 2 rings (SSSR count). The molecule has 1 aliphatic carbocycles. The molecular weight excluding hydrogens is 210 g/mol. The van der Waals surface area contributed by atoms with Gasteiger partial charge in [-0.2, -0.15) is 0 Å². The number of hydrogen-bond donors (Lipinski definition) is 2. The summed E-state index contributed by atoms with van der Waals surface area (Å²) in [4.78, 5) is 18.3. The third-order valence-corrected chi connectivity index (χ3v) is 3.73. The Labute approximate surface area is 92.7 Å². The minimum atomic E-state index is -0.0766. The first-order valence-electron chi connectivity index (χ1n) is 5.13. The lowest BCUT2D eigenvalue weighted by Crippen LogP contribution is -2.15. The maximum absolute atomic E-state index is 11.2. The fraction of sp³-hybridized carbons (Fsp3) is 0.600. The summed E-state index contributed by atoms with van der Waals surface area (Å²) in [5.74, 6) is 0. The van der Waals surface area contributed by atoms with Gasteiger partial charge in [-0.25, -0.2) is 4.98 Å². The van der Waals surface area contributed by atoms with Crippen LogP contribution in [0.5, 0.6) is 0 Å². The molecule has 1 aliphatic rings. The van der Waals surface area contributed by atoms with E-state index in [0.717, 1.165) is 30.1 Å². The summed E-state index contributed by atoms with van der Waals surface area (Å²) in [5, 5.41) is 1.23. The maximum atomic E-state index is 11.2. The van der Waals surface area contributed by atoms with E-state index in [-0.39, 0.29) is 5.56 Å². The van der Waals surface area contributed by atoms with E-state index in [1.165, 1.54) is 6.07 Å². The molecule has 0 saturated heterocycles. The van der Waals surface area contributed by atoms with Crippen molar-refractivity contribution in [2.24, 2.45) is 5.73 Å². The second-order valence-electron chi connectivity index (χ2n) is 4.00. The van der Waals surface area contributed by atoms with Crippen molar-refractivity contribution in [2.45, 2.75) is 42.6 Å². The van der Waals surface area contributed by atoms with Crippen LogP contribution in [-0.2, 0) is 0 Å². The molecule has 82 valence electrons. The Kier molecular flexibility index (Phi) is 3.11. The van der Waals surface area contributed by atoms with E-state index in [9.17, 15) is 4.79 Å². The van der Waals surface area contributed by atoms with Crippen LogP contribution in [0, 0.1) is 6.92 Å². The summed E-state index contributed by atoms with van der Waals surface area (Å²) in [5.41, 5.74) is 6.52. The zero-order valence-electron chi connectivity index (χ0n) is 8.69. The predicted molar refractivity (Wildman–Crippen MR) is 61.1 cm³/mol. The third kappa shape index (κ3) is 2.82. The highest BCUT2D eigenvalue weighted by molar-refractivity contribution is 7.99. The van der Waals surface area contributed by atoms with Crippen molar-refractivity contribution in [3.05, 3.63) is 22.1 Å². The molecule has 15 heavy (non-hydrogen) atoms. The van der Waals surface area contributed by atoms with Gasteiger partial charge in [0.15, 0.2) is 5.16 Å². The number of nitrogens with one attached hydrogen (secondary N) is 1. The Morgan fingerprint density at radius 2 is 2.40 bits per heavy atom. The van der Waals surface area contributed by atoms with Gasteiger partial charge in [-0.05, 0) is 26.2 Å². The molecule has 1 fully saturated rings. The zero-order valence-corrected chi connectivity index (χ0v) is 9.51. The predicted octanol–water partition coefficient (Wildman–Crippen LogP) is 1.05.